The molecule has 31 heavy (non-hydrogen) atoms. The summed E-state index contributed by atoms with van der Waals surface area (Å²) in [5.74, 6) is 0.382. The molecule has 0 heterocycles. The van der Waals surface area contributed by atoms with E-state index in [1.165, 1.54) is 4.90 Å². The van der Waals surface area contributed by atoms with Crippen LogP contribution in [-0.2, 0) is 16.1 Å². The van der Waals surface area contributed by atoms with E-state index in [1.54, 1.807) is 18.2 Å². The lowest BCUT2D eigenvalue weighted by Gasteiger charge is -2.31. The zero-order valence-corrected chi connectivity index (χ0v) is 20.0. The molecular formula is C24H30Cl2N2O3. The van der Waals surface area contributed by atoms with Crippen LogP contribution in [0.4, 0.5) is 0 Å². The molecular weight excluding hydrogens is 435 g/mol. The first-order chi connectivity index (χ1) is 14.8. The van der Waals surface area contributed by atoms with Crippen LogP contribution in [0, 0.1) is 0 Å². The van der Waals surface area contributed by atoms with E-state index in [2.05, 4.69) is 19.2 Å². The van der Waals surface area contributed by atoms with Crippen LogP contribution in [0.5, 0.6) is 5.75 Å². The van der Waals surface area contributed by atoms with E-state index < -0.39 is 6.04 Å². The quantitative estimate of drug-likeness (QED) is 0.509. The molecule has 7 heteroatoms. The summed E-state index contributed by atoms with van der Waals surface area (Å²) in [5.41, 5.74) is 1.62. The van der Waals surface area contributed by atoms with Gasteiger partial charge >= 0.3 is 0 Å². The van der Waals surface area contributed by atoms with Crippen molar-refractivity contribution >= 4 is 35.0 Å². The molecule has 0 aliphatic heterocycles. The zero-order valence-electron chi connectivity index (χ0n) is 18.5. The number of amides is 2. The first-order valence-corrected chi connectivity index (χ1v) is 11.3. The van der Waals surface area contributed by atoms with Crippen LogP contribution >= 0.6 is 23.2 Å². The molecule has 0 fully saturated rings. The van der Waals surface area contributed by atoms with Crippen LogP contribution in [0.3, 0.4) is 0 Å². The summed E-state index contributed by atoms with van der Waals surface area (Å²) in [6, 6.07) is 12.2. The van der Waals surface area contributed by atoms with Crippen molar-refractivity contribution in [3.63, 3.8) is 0 Å². The van der Waals surface area contributed by atoms with Crippen LogP contribution in [0.25, 0.3) is 0 Å². The molecule has 0 spiro atoms. The van der Waals surface area contributed by atoms with E-state index in [9.17, 15) is 9.59 Å². The average molecular weight is 465 g/mol. The molecule has 2 aromatic rings. The van der Waals surface area contributed by atoms with Crippen molar-refractivity contribution in [2.45, 2.75) is 52.6 Å². The molecule has 168 valence electrons. The van der Waals surface area contributed by atoms with Gasteiger partial charge in [-0.2, -0.15) is 0 Å². The Kier molecular flexibility index (Phi) is 9.66. The van der Waals surface area contributed by atoms with Gasteiger partial charge in [0.2, 0.25) is 5.91 Å². The molecule has 1 N–H and O–H groups in total. The summed E-state index contributed by atoms with van der Waals surface area (Å²) < 4.78 is 5.88. The van der Waals surface area contributed by atoms with Gasteiger partial charge in [0.15, 0.2) is 6.61 Å². The van der Waals surface area contributed by atoms with Gasteiger partial charge in [0.1, 0.15) is 11.8 Å². The van der Waals surface area contributed by atoms with Crippen LogP contribution in [0.15, 0.2) is 42.5 Å². The summed E-state index contributed by atoms with van der Waals surface area (Å²) in [6.45, 7) is 8.24. The molecule has 1 atom stereocenters. The van der Waals surface area contributed by atoms with Crippen molar-refractivity contribution in [1.29, 1.82) is 0 Å². The van der Waals surface area contributed by atoms with Crippen molar-refractivity contribution in [2.24, 2.45) is 0 Å². The number of benzene rings is 2. The average Bonchev–Trinajstić information content (AvgIpc) is 2.74. The number of rotatable bonds is 10. The van der Waals surface area contributed by atoms with Crippen LogP contribution in [0.1, 0.15) is 51.2 Å². The number of ether oxygens (including phenoxy) is 1. The maximum absolute atomic E-state index is 13.3. The van der Waals surface area contributed by atoms with Crippen molar-refractivity contribution in [3.05, 3.63) is 63.6 Å². The molecule has 2 aromatic carbocycles. The summed E-state index contributed by atoms with van der Waals surface area (Å²) in [5, 5.41) is 3.70. The molecule has 5 nitrogen and oxygen atoms in total. The van der Waals surface area contributed by atoms with Gasteiger partial charge in [0.05, 0.1) is 0 Å². The molecule has 2 rings (SSSR count). The fraction of sp³-hybridized carbons (Fsp3) is 0.417. The third kappa shape index (κ3) is 6.62. The monoisotopic (exact) mass is 464 g/mol. The van der Waals surface area contributed by atoms with Crippen molar-refractivity contribution in [2.75, 3.05) is 13.2 Å². The van der Waals surface area contributed by atoms with E-state index >= 15 is 0 Å². The van der Waals surface area contributed by atoms with Gasteiger partial charge in [0, 0.05) is 28.7 Å². The minimum absolute atomic E-state index is 0.113. The second-order valence-electron chi connectivity index (χ2n) is 7.52. The van der Waals surface area contributed by atoms with E-state index in [0.29, 0.717) is 34.3 Å². The predicted octanol–water partition coefficient (Wildman–Crippen LogP) is 5.44. The molecule has 0 saturated heterocycles. The SMILES string of the molecule is CCNC(=O)[C@@H](CC)N(Cc1c(Cl)cccc1Cl)C(=O)COc1ccccc1C(C)C. The van der Waals surface area contributed by atoms with Crippen LogP contribution in [-0.4, -0.2) is 35.9 Å². The molecule has 0 aliphatic carbocycles. The first-order valence-electron chi connectivity index (χ1n) is 10.5. The first kappa shape index (κ1) is 25.0. The maximum Gasteiger partial charge on any atom is 0.261 e. The van der Waals surface area contributed by atoms with E-state index in [1.807, 2.05) is 38.1 Å². The third-order valence-corrected chi connectivity index (χ3v) is 5.73. The van der Waals surface area contributed by atoms with Crippen LogP contribution < -0.4 is 10.1 Å². The second kappa shape index (κ2) is 12.0. The number of likely N-dealkylation sites (N-methyl/N-ethyl adjacent to an activating group) is 1. The molecule has 0 saturated carbocycles. The Morgan fingerprint density at radius 3 is 2.26 bits per heavy atom. The number of carbonyl (C=O) groups is 2. The fourth-order valence-electron chi connectivity index (χ4n) is 3.38. The van der Waals surface area contributed by atoms with Gasteiger partial charge in [-0.05, 0) is 43.0 Å². The summed E-state index contributed by atoms with van der Waals surface area (Å²) in [7, 11) is 0. The van der Waals surface area contributed by atoms with Crippen molar-refractivity contribution in [3.8, 4) is 5.75 Å². The third-order valence-electron chi connectivity index (χ3n) is 5.02. The van der Waals surface area contributed by atoms with Gasteiger partial charge in [-0.3, -0.25) is 9.59 Å². The summed E-state index contributed by atoms with van der Waals surface area (Å²) in [4.78, 5) is 27.5. The van der Waals surface area contributed by atoms with Gasteiger partial charge < -0.3 is 15.0 Å². The smallest absolute Gasteiger partial charge is 0.261 e. The van der Waals surface area contributed by atoms with E-state index in [-0.39, 0.29) is 30.9 Å². The summed E-state index contributed by atoms with van der Waals surface area (Å²) in [6.07, 6.45) is 0.447. The van der Waals surface area contributed by atoms with E-state index in [4.69, 9.17) is 27.9 Å². The number of hydrogen-bond donors (Lipinski definition) is 1. The molecule has 0 radical (unpaired) electrons. The fourth-order valence-corrected chi connectivity index (χ4v) is 3.89. The molecule has 0 aliphatic rings. The Hall–Kier alpha value is -2.24. The number of carbonyl (C=O) groups excluding carboxylic acids is 2. The van der Waals surface area contributed by atoms with Crippen molar-refractivity contribution in [1.82, 2.24) is 10.2 Å². The molecule has 0 aromatic heterocycles. The zero-order chi connectivity index (χ0) is 23.0. The lowest BCUT2D eigenvalue weighted by atomic mass is 10.0. The van der Waals surface area contributed by atoms with Gasteiger partial charge in [-0.25, -0.2) is 0 Å². The Balaban J connectivity index is 2.30. The van der Waals surface area contributed by atoms with Gasteiger partial charge in [0.25, 0.3) is 5.91 Å². The number of nitrogens with zero attached hydrogens (tertiary/aromatic N) is 1. The standard InChI is InChI=1S/C24H30Cl2N2O3/c1-5-21(24(30)27-6-2)28(14-18-19(25)11-9-12-20(18)26)23(29)15-31-22-13-8-7-10-17(22)16(3)4/h7-13,16,21H,5-6,14-15H2,1-4H3,(H,27,30)/t21-/m1/s1. The lowest BCUT2D eigenvalue weighted by Crippen LogP contribution is -2.50. The highest BCUT2D eigenvalue weighted by atomic mass is 35.5. The minimum Gasteiger partial charge on any atom is -0.483 e. The normalized spacial score (nSPS) is 11.8. The number of nitrogens with one attached hydrogen (secondary N) is 1. The number of para-hydroxylation sites is 1. The van der Waals surface area contributed by atoms with Gasteiger partial charge in [-0.15, -0.1) is 0 Å². The number of halogens is 2. The Morgan fingerprint density at radius 1 is 1.03 bits per heavy atom. The topological polar surface area (TPSA) is 58.6 Å². The summed E-state index contributed by atoms with van der Waals surface area (Å²) >= 11 is 12.7. The second-order valence-corrected chi connectivity index (χ2v) is 8.34. The Labute approximate surface area is 194 Å². The lowest BCUT2D eigenvalue weighted by molar-refractivity contribution is -0.142. The Bertz CT molecular complexity index is 882. The Morgan fingerprint density at radius 2 is 1.68 bits per heavy atom. The van der Waals surface area contributed by atoms with E-state index in [0.717, 1.165) is 5.56 Å². The van der Waals surface area contributed by atoms with Crippen molar-refractivity contribution < 1.29 is 14.3 Å². The van der Waals surface area contributed by atoms with Crippen LogP contribution in [0.2, 0.25) is 10.0 Å². The predicted molar refractivity (Wildman–Crippen MR) is 126 cm³/mol. The highest BCUT2D eigenvalue weighted by Crippen LogP contribution is 2.28. The molecule has 0 bridgehead atoms. The highest BCUT2D eigenvalue weighted by molar-refractivity contribution is 6.36. The largest absolute Gasteiger partial charge is 0.483 e. The highest BCUT2D eigenvalue weighted by Gasteiger charge is 2.30. The maximum atomic E-state index is 13.3. The molecule has 0 unspecified atom stereocenters. The van der Waals surface area contributed by atoms with Gasteiger partial charge in [-0.1, -0.05) is 68.2 Å². The number of hydrogen-bond acceptors (Lipinski definition) is 3. The molecule has 2 amide bonds. The minimum atomic E-state index is -0.663.